The van der Waals surface area contributed by atoms with Gasteiger partial charge in [-0.1, -0.05) is 18.2 Å². The van der Waals surface area contributed by atoms with Gasteiger partial charge in [0.15, 0.2) is 0 Å². The van der Waals surface area contributed by atoms with E-state index in [1.54, 1.807) is 11.3 Å². The zero-order valence-corrected chi connectivity index (χ0v) is 12.1. The van der Waals surface area contributed by atoms with E-state index >= 15 is 0 Å². The van der Waals surface area contributed by atoms with Crippen molar-refractivity contribution in [2.24, 2.45) is 0 Å². The summed E-state index contributed by atoms with van der Waals surface area (Å²) >= 11 is 4.16. The second kappa shape index (κ2) is 5.80. The molecule has 1 atom stereocenters. The first-order valence-corrected chi connectivity index (χ1v) is 7.26. The van der Waals surface area contributed by atoms with Crippen molar-refractivity contribution in [2.75, 3.05) is 7.05 Å². The molecule has 0 spiro atoms. The van der Waals surface area contributed by atoms with Gasteiger partial charge in [-0.3, -0.25) is 0 Å². The first kappa shape index (κ1) is 12.1. The van der Waals surface area contributed by atoms with Crippen LogP contribution >= 0.6 is 33.9 Å². The number of nitrogens with one attached hydrogen (secondary N) is 1. The van der Waals surface area contributed by atoms with Gasteiger partial charge >= 0.3 is 0 Å². The summed E-state index contributed by atoms with van der Waals surface area (Å²) in [5.74, 6) is 0. The van der Waals surface area contributed by atoms with E-state index in [0.717, 1.165) is 6.42 Å². The van der Waals surface area contributed by atoms with Crippen molar-refractivity contribution in [1.29, 1.82) is 0 Å². The molecule has 0 fully saturated rings. The molecule has 16 heavy (non-hydrogen) atoms. The maximum atomic E-state index is 3.40. The second-order valence-electron chi connectivity index (χ2n) is 3.70. The first-order chi connectivity index (χ1) is 7.81. The Kier molecular flexibility index (Phi) is 4.37. The highest BCUT2D eigenvalue weighted by Gasteiger charge is 2.12. The topological polar surface area (TPSA) is 12.0 Å². The van der Waals surface area contributed by atoms with Crippen LogP contribution in [0.25, 0.3) is 0 Å². The largest absolute Gasteiger partial charge is 0.313 e. The summed E-state index contributed by atoms with van der Waals surface area (Å²) in [7, 11) is 2.03. The number of halogens is 1. The molecule has 0 radical (unpaired) electrons. The molecule has 1 N–H and O–H groups in total. The van der Waals surface area contributed by atoms with Gasteiger partial charge in [0.1, 0.15) is 0 Å². The molecule has 2 aromatic rings. The number of rotatable bonds is 4. The average Bonchev–Trinajstić information content (AvgIpc) is 2.80. The van der Waals surface area contributed by atoms with Crippen LogP contribution in [0.2, 0.25) is 0 Å². The van der Waals surface area contributed by atoms with Crippen LogP contribution in [0, 0.1) is 3.57 Å². The lowest BCUT2D eigenvalue weighted by molar-refractivity contribution is 0.590. The number of hydrogen-bond acceptors (Lipinski definition) is 2. The lowest BCUT2D eigenvalue weighted by Gasteiger charge is -2.17. The smallest absolute Gasteiger partial charge is 0.0369 e. The highest BCUT2D eigenvalue weighted by Crippen LogP contribution is 2.23. The molecule has 0 aliphatic carbocycles. The van der Waals surface area contributed by atoms with E-state index in [1.165, 1.54) is 14.7 Å². The Morgan fingerprint density at radius 3 is 2.75 bits per heavy atom. The van der Waals surface area contributed by atoms with Gasteiger partial charge in [0.25, 0.3) is 0 Å². The van der Waals surface area contributed by atoms with E-state index in [4.69, 9.17) is 0 Å². The van der Waals surface area contributed by atoms with Crippen LogP contribution in [-0.4, -0.2) is 7.05 Å². The fourth-order valence-corrected chi connectivity index (χ4v) is 3.21. The Labute approximate surface area is 114 Å². The highest BCUT2D eigenvalue weighted by molar-refractivity contribution is 14.1. The molecule has 0 saturated heterocycles. The highest BCUT2D eigenvalue weighted by atomic mass is 127. The molecule has 0 bridgehead atoms. The predicted octanol–water partition coefficient (Wildman–Crippen LogP) is 3.86. The number of thiophene rings is 1. The van der Waals surface area contributed by atoms with E-state index in [9.17, 15) is 0 Å². The van der Waals surface area contributed by atoms with E-state index in [2.05, 4.69) is 69.0 Å². The van der Waals surface area contributed by atoms with E-state index in [-0.39, 0.29) is 0 Å². The normalized spacial score (nSPS) is 12.6. The van der Waals surface area contributed by atoms with Crippen LogP contribution in [0.5, 0.6) is 0 Å². The van der Waals surface area contributed by atoms with Crippen molar-refractivity contribution in [1.82, 2.24) is 5.32 Å². The molecule has 84 valence electrons. The summed E-state index contributed by atoms with van der Waals surface area (Å²) < 4.78 is 1.33. The molecular weight excluding hydrogens is 329 g/mol. The Morgan fingerprint density at radius 2 is 2.12 bits per heavy atom. The molecule has 0 saturated carbocycles. The lowest BCUT2D eigenvalue weighted by atomic mass is 10.0. The van der Waals surface area contributed by atoms with Crippen molar-refractivity contribution in [3.05, 3.63) is 55.8 Å². The first-order valence-electron chi connectivity index (χ1n) is 5.24. The van der Waals surface area contributed by atoms with E-state index in [0.29, 0.717) is 6.04 Å². The molecule has 1 heterocycles. The Hall–Kier alpha value is -0.390. The van der Waals surface area contributed by atoms with Gasteiger partial charge in [0.2, 0.25) is 0 Å². The van der Waals surface area contributed by atoms with Crippen molar-refractivity contribution in [3.63, 3.8) is 0 Å². The Morgan fingerprint density at radius 1 is 1.31 bits per heavy atom. The van der Waals surface area contributed by atoms with Crippen molar-refractivity contribution < 1.29 is 0 Å². The summed E-state index contributed by atoms with van der Waals surface area (Å²) in [6.07, 6.45) is 1.06. The fraction of sp³-hybridized carbons (Fsp3) is 0.231. The quantitative estimate of drug-likeness (QED) is 0.832. The molecule has 0 aliphatic rings. The molecule has 2 rings (SSSR count). The molecule has 0 amide bonds. The average molecular weight is 343 g/mol. The van der Waals surface area contributed by atoms with Crippen molar-refractivity contribution in [2.45, 2.75) is 12.5 Å². The van der Waals surface area contributed by atoms with Crippen LogP contribution in [0.3, 0.4) is 0 Å². The molecule has 1 aromatic carbocycles. The zero-order valence-electron chi connectivity index (χ0n) is 9.11. The number of hydrogen-bond donors (Lipinski definition) is 1. The van der Waals surface area contributed by atoms with Crippen LogP contribution in [-0.2, 0) is 6.42 Å². The van der Waals surface area contributed by atoms with E-state index < -0.39 is 0 Å². The van der Waals surface area contributed by atoms with Gasteiger partial charge in [0, 0.05) is 9.61 Å². The van der Waals surface area contributed by atoms with Gasteiger partial charge < -0.3 is 5.32 Å². The SMILES string of the molecule is CNC(Cc1ccsc1)c1ccccc1I. The van der Waals surface area contributed by atoms with Crippen molar-refractivity contribution in [3.8, 4) is 0 Å². The summed E-state index contributed by atoms with van der Waals surface area (Å²) in [4.78, 5) is 0. The summed E-state index contributed by atoms with van der Waals surface area (Å²) in [5.41, 5.74) is 2.79. The summed E-state index contributed by atoms with van der Waals surface area (Å²) in [6, 6.07) is 11.2. The minimum atomic E-state index is 0.405. The van der Waals surface area contributed by atoms with Crippen molar-refractivity contribution >= 4 is 33.9 Å². The molecule has 1 nitrogen and oxygen atoms in total. The van der Waals surface area contributed by atoms with Crippen LogP contribution in [0.15, 0.2) is 41.1 Å². The van der Waals surface area contributed by atoms with Gasteiger partial charge in [-0.2, -0.15) is 11.3 Å². The van der Waals surface area contributed by atoms with Gasteiger partial charge in [-0.15, -0.1) is 0 Å². The van der Waals surface area contributed by atoms with Crippen LogP contribution in [0.4, 0.5) is 0 Å². The molecule has 3 heteroatoms. The molecular formula is C13H14INS. The minimum absolute atomic E-state index is 0.405. The third kappa shape index (κ3) is 2.84. The monoisotopic (exact) mass is 343 g/mol. The summed E-state index contributed by atoms with van der Waals surface area (Å²) in [6.45, 7) is 0. The van der Waals surface area contributed by atoms with Gasteiger partial charge in [0.05, 0.1) is 0 Å². The van der Waals surface area contributed by atoms with Gasteiger partial charge in [-0.05, 0) is 70.1 Å². The maximum Gasteiger partial charge on any atom is 0.0369 e. The maximum absolute atomic E-state index is 3.40. The van der Waals surface area contributed by atoms with E-state index in [1.807, 2.05) is 7.05 Å². The standard InChI is InChI=1S/C13H14INS/c1-15-13(8-10-6-7-16-9-10)11-4-2-3-5-12(11)14/h2-7,9,13,15H,8H2,1H3. The van der Waals surface area contributed by atoms with Gasteiger partial charge in [-0.25, -0.2) is 0 Å². The number of likely N-dealkylation sites (N-methyl/N-ethyl adjacent to an activating group) is 1. The molecule has 0 aliphatic heterocycles. The summed E-state index contributed by atoms with van der Waals surface area (Å²) in [5, 5.41) is 7.76. The third-order valence-electron chi connectivity index (χ3n) is 2.65. The minimum Gasteiger partial charge on any atom is -0.313 e. The molecule has 1 unspecified atom stereocenters. The Balaban J connectivity index is 2.20. The second-order valence-corrected chi connectivity index (χ2v) is 5.64. The number of benzene rings is 1. The molecule has 1 aromatic heterocycles. The van der Waals surface area contributed by atoms with Crippen LogP contribution < -0.4 is 5.32 Å². The fourth-order valence-electron chi connectivity index (χ4n) is 1.77. The third-order valence-corrected chi connectivity index (χ3v) is 4.36. The Bertz CT molecular complexity index is 439. The zero-order chi connectivity index (χ0) is 11.4. The lowest BCUT2D eigenvalue weighted by Crippen LogP contribution is -2.19. The predicted molar refractivity (Wildman–Crippen MR) is 79.0 cm³/mol. The van der Waals surface area contributed by atoms with Crippen LogP contribution in [0.1, 0.15) is 17.2 Å².